The minimum Gasteiger partial charge on any atom is -0.632 e. The lowest BCUT2D eigenvalue weighted by Gasteiger charge is -2.58. The highest BCUT2D eigenvalue weighted by Gasteiger charge is 2.57. The summed E-state index contributed by atoms with van der Waals surface area (Å²) in [6.07, 6.45) is 7.33. The fraction of sp³-hybridized carbons (Fsp3) is 0.444. The Bertz CT molecular complexity index is 726. The average molecular weight is 315 g/mol. The summed E-state index contributed by atoms with van der Waals surface area (Å²) >= 11 is 0. The zero-order valence-electron chi connectivity index (χ0n) is 13.4. The van der Waals surface area contributed by atoms with Crippen LogP contribution in [0.15, 0.2) is 35.9 Å². The van der Waals surface area contributed by atoms with E-state index in [1.54, 1.807) is 13.2 Å². The number of methoxy groups -OCH3 is 2. The average Bonchev–Trinajstić information content (AvgIpc) is 2.87. The number of rotatable bonds is 2. The smallest absolute Gasteiger partial charge is 0.161 e. The Balaban J connectivity index is 1.97. The number of benzene rings is 1. The normalized spacial score (nSPS) is 34.4. The Hall–Kier alpha value is -1.82. The van der Waals surface area contributed by atoms with E-state index >= 15 is 0 Å². The van der Waals surface area contributed by atoms with Gasteiger partial charge < -0.3 is 24.4 Å². The summed E-state index contributed by atoms with van der Waals surface area (Å²) in [6, 6.07) is 3.60. The summed E-state index contributed by atoms with van der Waals surface area (Å²) in [5, 5.41) is 23.7. The van der Waals surface area contributed by atoms with Gasteiger partial charge in [-0.05, 0) is 23.8 Å². The van der Waals surface area contributed by atoms with E-state index < -0.39 is 5.54 Å². The molecule has 0 fully saturated rings. The van der Waals surface area contributed by atoms with Gasteiger partial charge in [-0.1, -0.05) is 12.2 Å². The molecule has 5 nitrogen and oxygen atoms in total. The Kier molecular flexibility index (Phi) is 3.10. The molecule has 0 radical (unpaired) electrons. The van der Waals surface area contributed by atoms with E-state index in [0.717, 1.165) is 16.7 Å². The maximum atomic E-state index is 13.6. The van der Waals surface area contributed by atoms with Crippen LogP contribution in [0, 0.1) is 5.21 Å². The maximum Gasteiger partial charge on any atom is 0.161 e. The van der Waals surface area contributed by atoms with Crippen molar-refractivity contribution in [3.8, 4) is 11.5 Å². The van der Waals surface area contributed by atoms with E-state index in [0.29, 0.717) is 31.7 Å². The van der Waals surface area contributed by atoms with Crippen molar-refractivity contribution in [3.05, 3.63) is 52.3 Å². The molecule has 122 valence electrons. The predicted octanol–water partition coefficient (Wildman–Crippen LogP) is 2.38. The molecule has 1 spiro atoms. The highest BCUT2D eigenvalue weighted by molar-refractivity contribution is 5.55. The van der Waals surface area contributed by atoms with Crippen LogP contribution >= 0.6 is 0 Å². The highest BCUT2D eigenvalue weighted by Crippen LogP contribution is 2.56. The van der Waals surface area contributed by atoms with Crippen LogP contribution < -0.4 is 4.74 Å². The van der Waals surface area contributed by atoms with Crippen LogP contribution in [0.5, 0.6) is 11.5 Å². The van der Waals surface area contributed by atoms with E-state index in [1.165, 1.54) is 7.11 Å². The zero-order valence-corrected chi connectivity index (χ0v) is 13.4. The molecule has 3 atom stereocenters. The molecule has 0 amide bonds. The van der Waals surface area contributed by atoms with Crippen LogP contribution in [0.25, 0.3) is 0 Å². The van der Waals surface area contributed by atoms with Gasteiger partial charge in [0, 0.05) is 31.1 Å². The van der Waals surface area contributed by atoms with Gasteiger partial charge in [-0.15, -0.1) is 0 Å². The molecular formula is C18H21NO4. The number of hydroxylamine groups is 3. The van der Waals surface area contributed by atoms with Crippen molar-refractivity contribution >= 4 is 0 Å². The monoisotopic (exact) mass is 315 g/mol. The molecule has 4 rings (SSSR count). The number of hydrogen-bond donors (Lipinski definition) is 1. The maximum absolute atomic E-state index is 13.6. The van der Waals surface area contributed by atoms with Gasteiger partial charge in [-0.3, -0.25) is 0 Å². The lowest BCUT2D eigenvalue weighted by Crippen LogP contribution is -2.61. The van der Waals surface area contributed by atoms with Crippen LogP contribution in [-0.2, 0) is 16.7 Å². The topological polar surface area (TPSA) is 61.8 Å². The number of phenolic OH excluding ortho intramolecular Hbond substituents is 1. The van der Waals surface area contributed by atoms with E-state index in [2.05, 4.69) is 6.08 Å². The van der Waals surface area contributed by atoms with Gasteiger partial charge in [0.2, 0.25) is 0 Å². The molecule has 1 aliphatic carbocycles. The number of phenols is 1. The third-order valence-electron chi connectivity index (χ3n) is 5.66. The second-order valence-electron chi connectivity index (χ2n) is 6.58. The summed E-state index contributed by atoms with van der Waals surface area (Å²) in [6.45, 7) is 1.00. The Morgan fingerprint density at radius 1 is 1.35 bits per heavy atom. The molecule has 2 aliphatic heterocycles. The van der Waals surface area contributed by atoms with E-state index in [4.69, 9.17) is 9.47 Å². The molecule has 5 heteroatoms. The third kappa shape index (κ3) is 1.78. The summed E-state index contributed by atoms with van der Waals surface area (Å²) in [5.41, 5.74) is 2.42. The van der Waals surface area contributed by atoms with Gasteiger partial charge in [0.05, 0.1) is 26.3 Å². The second kappa shape index (κ2) is 4.84. The highest BCUT2D eigenvalue weighted by atomic mass is 16.6. The Labute approximate surface area is 135 Å². The van der Waals surface area contributed by atoms with Crippen molar-refractivity contribution in [2.75, 3.05) is 27.3 Å². The Morgan fingerprint density at radius 2 is 2.17 bits per heavy atom. The first-order chi connectivity index (χ1) is 11.0. The van der Waals surface area contributed by atoms with E-state index in [1.807, 2.05) is 18.2 Å². The van der Waals surface area contributed by atoms with Crippen molar-refractivity contribution in [3.63, 3.8) is 0 Å². The molecule has 0 saturated heterocycles. The van der Waals surface area contributed by atoms with Crippen molar-refractivity contribution in [2.24, 2.45) is 0 Å². The number of nitrogens with zero attached hydrogens (tertiary/aromatic N) is 1. The molecule has 1 N–H and O–H groups in total. The molecule has 1 unspecified atom stereocenters. The number of quaternary nitrogens is 1. The quantitative estimate of drug-likeness (QED) is 0.672. The van der Waals surface area contributed by atoms with Crippen LogP contribution in [-0.4, -0.2) is 43.2 Å². The van der Waals surface area contributed by atoms with Crippen molar-refractivity contribution in [1.82, 2.24) is 0 Å². The van der Waals surface area contributed by atoms with Crippen molar-refractivity contribution < 1.29 is 19.2 Å². The number of hydrogen-bond acceptors (Lipinski definition) is 4. The molecule has 0 saturated carbocycles. The first-order valence-electron chi connectivity index (χ1n) is 7.94. The third-order valence-corrected chi connectivity index (χ3v) is 5.66. The van der Waals surface area contributed by atoms with Gasteiger partial charge in [-0.25, -0.2) is 0 Å². The van der Waals surface area contributed by atoms with Crippen LogP contribution in [0.2, 0.25) is 0 Å². The van der Waals surface area contributed by atoms with E-state index in [9.17, 15) is 10.3 Å². The first kappa shape index (κ1) is 14.8. The fourth-order valence-corrected chi connectivity index (χ4v) is 4.46. The minimum atomic E-state index is -0.649. The van der Waals surface area contributed by atoms with Crippen LogP contribution in [0.4, 0.5) is 0 Å². The fourth-order valence-electron chi connectivity index (χ4n) is 4.46. The number of fused-ring (bicyclic) bond motifs is 1. The lowest BCUT2D eigenvalue weighted by atomic mass is 9.71. The summed E-state index contributed by atoms with van der Waals surface area (Å²) in [7, 11) is 3.21. The molecule has 0 aromatic heterocycles. The van der Waals surface area contributed by atoms with Gasteiger partial charge in [-0.2, -0.15) is 0 Å². The molecule has 1 aromatic rings. The lowest BCUT2D eigenvalue weighted by molar-refractivity contribution is -0.926. The predicted molar refractivity (Wildman–Crippen MR) is 86.0 cm³/mol. The number of aromatic hydroxyl groups is 1. The van der Waals surface area contributed by atoms with Crippen molar-refractivity contribution in [1.29, 1.82) is 0 Å². The van der Waals surface area contributed by atoms with Crippen molar-refractivity contribution in [2.45, 2.75) is 24.5 Å². The molecular weight excluding hydrogens is 294 g/mol. The molecule has 3 aliphatic rings. The second-order valence-corrected chi connectivity index (χ2v) is 6.58. The van der Waals surface area contributed by atoms with Gasteiger partial charge in [0.15, 0.2) is 17.0 Å². The molecule has 0 bridgehead atoms. The Morgan fingerprint density at radius 3 is 2.91 bits per heavy atom. The summed E-state index contributed by atoms with van der Waals surface area (Å²) in [4.78, 5) is 0. The largest absolute Gasteiger partial charge is 0.632 e. The van der Waals surface area contributed by atoms with Gasteiger partial charge in [0.1, 0.15) is 0 Å². The van der Waals surface area contributed by atoms with Gasteiger partial charge in [0.25, 0.3) is 0 Å². The minimum absolute atomic E-state index is 0.0811. The summed E-state index contributed by atoms with van der Waals surface area (Å²) < 4.78 is 10.6. The number of ether oxygens (including phenoxy) is 2. The standard InChI is InChI=1S/C18H21NO4/c1-22-14-4-3-13-6-8-19(21)7-5-12-9-16(20)17(23-2)10-15(12)18(13,19)11-14/h3-4,6,9-10,14,20H,5,7-8,11H2,1-2H3/t14-,18+,19?/m0/s1. The first-order valence-corrected chi connectivity index (χ1v) is 7.94. The molecule has 2 heterocycles. The SMILES string of the molecule is COc1cc2c(cc1O)CC[N+]1([O-])CC=C3C=C[C@H](OC)C[C@@]321. The van der Waals surface area contributed by atoms with Gasteiger partial charge >= 0.3 is 0 Å². The molecule has 1 aromatic carbocycles. The van der Waals surface area contributed by atoms with Crippen LogP contribution in [0.3, 0.4) is 0 Å². The summed E-state index contributed by atoms with van der Waals surface area (Å²) in [5.74, 6) is 0.549. The van der Waals surface area contributed by atoms with Crippen LogP contribution in [0.1, 0.15) is 17.5 Å². The zero-order chi connectivity index (χ0) is 16.2. The van der Waals surface area contributed by atoms with E-state index in [-0.39, 0.29) is 16.5 Å². The molecule has 23 heavy (non-hydrogen) atoms.